The van der Waals surface area contributed by atoms with Crippen molar-refractivity contribution in [1.82, 2.24) is 9.78 Å². The molecule has 4 nitrogen and oxygen atoms in total. The quantitative estimate of drug-likeness (QED) is 0.185. The monoisotopic (exact) mass is 616 g/mol. The molecule has 0 saturated heterocycles. The Morgan fingerprint density at radius 2 is 1.20 bits per heavy atom. The van der Waals surface area contributed by atoms with Crippen LogP contribution in [0.3, 0.4) is 0 Å². The third kappa shape index (κ3) is 5.80. The van der Waals surface area contributed by atoms with Gasteiger partial charge in [-0.1, -0.05) is 146 Å². The second-order valence-electron chi connectivity index (χ2n) is 14.0. The zero-order valence-corrected chi connectivity index (χ0v) is 28.2. The Hall–Kier alpha value is -3.23. The normalized spacial score (nSPS) is 23.0. The molecule has 234 valence electrons. The number of hydrogen-bond acceptors (Lipinski definition) is 3. The molecule has 3 aliphatic rings. The molecular formula is C40H49N4P. The Labute approximate surface area is 271 Å². The van der Waals surface area contributed by atoms with Gasteiger partial charge in [0, 0.05) is 22.8 Å². The first-order chi connectivity index (χ1) is 22.1. The number of aromatic nitrogens is 2. The van der Waals surface area contributed by atoms with Crippen molar-refractivity contribution in [1.29, 1.82) is 0 Å². The van der Waals surface area contributed by atoms with Crippen LogP contribution in [0.5, 0.6) is 0 Å². The summed E-state index contributed by atoms with van der Waals surface area (Å²) in [5, 5.41) is 13.5. The van der Waals surface area contributed by atoms with Gasteiger partial charge in [-0.25, -0.2) is 4.68 Å². The second kappa shape index (κ2) is 13.2. The molecule has 2 saturated carbocycles. The largest absolute Gasteiger partial charge is 0.253 e. The van der Waals surface area contributed by atoms with Crippen LogP contribution in [-0.4, -0.2) is 33.1 Å². The van der Waals surface area contributed by atoms with Crippen LogP contribution in [0.1, 0.15) is 85.0 Å². The summed E-state index contributed by atoms with van der Waals surface area (Å²) in [5.41, 5.74) is 8.34. The molecule has 0 N–H and O–H groups in total. The van der Waals surface area contributed by atoms with Gasteiger partial charge in [0.05, 0.1) is 11.5 Å². The SMILES string of the molecule is CC(C)C1(C)C=NN(c2c(-c3ccccc3)nn(-c3ccccc3)c2-c2ccccc2)C1P(C1CCCCC1)C1CCCCC1. The molecule has 0 spiro atoms. The van der Waals surface area contributed by atoms with Crippen molar-refractivity contribution in [2.75, 3.05) is 5.01 Å². The Morgan fingerprint density at radius 1 is 0.689 bits per heavy atom. The van der Waals surface area contributed by atoms with Crippen LogP contribution in [0.15, 0.2) is 96.1 Å². The highest BCUT2D eigenvalue weighted by atomic mass is 31.1. The third-order valence-corrected chi connectivity index (χ3v) is 15.0. The highest BCUT2D eigenvalue weighted by Crippen LogP contribution is 2.66. The fraction of sp³-hybridized carbons (Fsp3) is 0.450. The fourth-order valence-electron chi connectivity index (χ4n) is 8.14. The van der Waals surface area contributed by atoms with Crippen molar-refractivity contribution < 1.29 is 0 Å². The summed E-state index contributed by atoms with van der Waals surface area (Å²) in [5.74, 6) is 0.829. The first-order valence-electron chi connectivity index (χ1n) is 17.5. The molecule has 7 rings (SSSR count). The average molecular weight is 617 g/mol. The lowest BCUT2D eigenvalue weighted by Crippen LogP contribution is -2.45. The topological polar surface area (TPSA) is 33.4 Å². The first kappa shape index (κ1) is 30.4. The van der Waals surface area contributed by atoms with Gasteiger partial charge in [0.2, 0.25) is 0 Å². The average Bonchev–Trinajstić information content (AvgIpc) is 3.66. The van der Waals surface area contributed by atoms with Gasteiger partial charge in [-0.05, 0) is 55.1 Å². The number of nitrogens with zero attached hydrogens (tertiary/aromatic N) is 4. The van der Waals surface area contributed by atoms with E-state index in [0.717, 1.165) is 34.0 Å². The van der Waals surface area contributed by atoms with E-state index >= 15 is 0 Å². The molecule has 2 atom stereocenters. The minimum absolute atomic E-state index is 0.0165. The molecular weight excluding hydrogens is 567 g/mol. The summed E-state index contributed by atoms with van der Waals surface area (Å²) in [6.07, 6.45) is 16.3. The van der Waals surface area contributed by atoms with Crippen LogP contribution in [0.25, 0.3) is 28.2 Å². The molecule has 2 fully saturated rings. The van der Waals surface area contributed by atoms with Crippen molar-refractivity contribution in [3.63, 3.8) is 0 Å². The zero-order valence-electron chi connectivity index (χ0n) is 27.4. The molecule has 3 aromatic carbocycles. The minimum atomic E-state index is -0.325. The first-order valence-corrected chi connectivity index (χ1v) is 19.0. The lowest BCUT2D eigenvalue weighted by atomic mass is 9.80. The van der Waals surface area contributed by atoms with Gasteiger partial charge in [-0.2, -0.15) is 10.2 Å². The highest BCUT2D eigenvalue weighted by Gasteiger charge is 2.53. The minimum Gasteiger partial charge on any atom is -0.253 e. The summed E-state index contributed by atoms with van der Waals surface area (Å²) in [4.78, 5) is 0. The number of hydrogen-bond donors (Lipinski definition) is 0. The van der Waals surface area contributed by atoms with Crippen LogP contribution < -0.4 is 5.01 Å². The maximum absolute atomic E-state index is 5.52. The van der Waals surface area contributed by atoms with E-state index in [1.807, 2.05) is 0 Å². The van der Waals surface area contributed by atoms with Crippen LogP contribution in [0.2, 0.25) is 0 Å². The van der Waals surface area contributed by atoms with Gasteiger partial charge in [-0.3, -0.25) is 5.01 Å². The molecule has 5 heteroatoms. The van der Waals surface area contributed by atoms with Gasteiger partial charge >= 0.3 is 0 Å². The summed E-state index contributed by atoms with van der Waals surface area (Å²) in [6.45, 7) is 7.39. The molecule has 4 aromatic rings. The molecule has 2 heterocycles. The van der Waals surface area contributed by atoms with Crippen LogP contribution >= 0.6 is 7.92 Å². The third-order valence-electron chi connectivity index (χ3n) is 11.0. The smallest absolute Gasteiger partial charge is 0.119 e. The second-order valence-corrected chi connectivity index (χ2v) is 16.9. The van der Waals surface area contributed by atoms with Crippen molar-refractivity contribution in [3.8, 4) is 28.2 Å². The molecule has 2 unspecified atom stereocenters. The van der Waals surface area contributed by atoms with E-state index in [9.17, 15) is 0 Å². The van der Waals surface area contributed by atoms with E-state index in [2.05, 4.69) is 128 Å². The number of rotatable bonds is 8. The van der Waals surface area contributed by atoms with Crippen LogP contribution in [0.4, 0.5) is 5.69 Å². The predicted octanol–water partition coefficient (Wildman–Crippen LogP) is 11.1. The van der Waals surface area contributed by atoms with E-state index in [-0.39, 0.29) is 13.3 Å². The van der Waals surface area contributed by atoms with Gasteiger partial charge in [0.1, 0.15) is 17.1 Å². The Kier molecular flexibility index (Phi) is 8.96. The van der Waals surface area contributed by atoms with Gasteiger partial charge < -0.3 is 0 Å². The molecule has 0 amide bonds. The molecule has 1 aliphatic heterocycles. The number of benzene rings is 3. The van der Waals surface area contributed by atoms with Gasteiger partial charge in [-0.15, -0.1) is 0 Å². The number of anilines is 1. The molecule has 45 heavy (non-hydrogen) atoms. The van der Waals surface area contributed by atoms with Crippen molar-refractivity contribution in [2.24, 2.45) is 16.4 Å². The molecule has 2 aliphatic carbocycles. The summed E-state index contributed by atoms with van der Waals surface area (Å²) < 4.78 is 2.19. The molecule has 1 aromatic heterocycles. The van der Waals surface area contributed by atoms with E-state index in [0.29, 0.717) is 11.7 Å². The van der Waals surface area contributed by atoms with Crippen molar-refractivity contribution >= 4 is 19.8 Å². The van der Waals surface area contributed by atoms with Crippen LogP contribution in [0, 0.1) is 11.3 Å². The summed E-state index contributed by atoms with van der Waals surface area (Å²) in [7, 11) is -0.325. The van der Waals surface area contributed by atoms with E-state index in [1.165, 1.54) is 75.5 Å². The Morgan fingerprint density at radius 3 is 1.73 bits per heavy atom. The summed E-state index contributed by atoms with van der Waals surface area (Å²) in [6, 6.07) is 32.4. The van der Waals surface area contributed by atoms with Gasteiger partial charge in [0.25, 0.3) is 0 Å². The molecule has 0 bridgehead atoms. The fourth-order valence-corrected chi connectivity index (χ4v) is 12.9. The maximum atomic E-state index is 5.52. The maximum Gasteiger partial charge on any atom is 0.119 e. The lowest BCUT2D eigenvalue weighted by molar-refractivity contribution is 0.329. The van der Waals surface area contributed by atoms with Crippen molar-refractivity contribution in [2.45, 2.75) is 102 Å². The zero-order chi connectivity index (χ0) is 30.8. The number of para-hydroxylation sites is 1. The van der Waals surface area contributed by atoms with E-state index < -0.39 is 0 Å². The number of hydrazone groups is 1. The highest BCUT2D eigenvalue weighted by molar-refractivity contribution is 7.60. The van der Waals surface area contributed by atoms with Crippen molar-refractivity contribution in [3.05, 3.63) is 91.0 Å². The Balaban J connectivity index is 1.49. The van der Waals surface area contributed by atoms with E-state index in [1.54, 1.807) is 0 Å². The Bertz CT molecular complexity index is 1550. The standard InChI is InChI=1S/C40H49N4P/c1-30(2)40(3)29-41-44(39(40)45(34-25-15-7-16-26-34)35-27-17-8-18-28-35)38-36(31-19-9-4-10-20-31)42-43(33-23-13-6-14-24-33)37(38)32-21-11-5-12-22-32/h4-6,9-14,19-24,29-30,34-35,39H,7-8,15-18,25-28H2,1-3H3. The molecule has 0 radical (unpaired) electrons. The van der Waals surface area contributed by atoms with Crippen LogP contribution in [-0.2, 0) is 0 Å². The predicted molar refractivity (Wildman–Crippen MR) is 193 cm³/mol. The lowest BCUT2D eigenvalue weighted by Gasteiger charge is -2.49. The van der Waals surface area contributed by atoms with Gasteiger partial charge in [0.15, 0.2) is 0 Å². The van der Waals surface area contributed by atoms with E-state index in [4.69, 9.17) is 10.2 Å². The summed E-state index contributed by atoms with van der Waals surface area (Å²) >= 11 is 0.